The van der Waals surface area contributed by atoms with E-state index in [4.69, 9.17) is 9.47 Å². The third-order valence-corrected chi connectivity index (χ3v) is 6.12. The highest BCUT2D eigenvalue weighted by atomic mass is 16.6. The van der Waals surface area contributed by atoms with Gasteiger partial charge in [0.15, 0.2) is 18.2 Å². The van der Waals surface area contributed by atoms with E-state index in [1.807, 2.05) is 25.2 Å². The molecule has 1 unspecified atom stereocenters. The van der Waals surface area contributed by atoms with E-state index in [0.717, 1.165) is 32.2 Å². The molecule has 1 saturated heterocycles. The predicted molar refractivity (Wildman–Crippen MR) is 99.6 cm³/mol. The molecule has 2 aliphatic rings. The standard InChI is InChI=1S/C21H30NO5/c1-22(15-19(23)26-2)13-12-18(14-22)27-20(24)21(25,17-10-6-7-11-17)16-8-4-3-5-9-16/h3-5,8-9,17-18,25H,6-7,10-15H2,1-2H3/q+1/t18-,21-,22?/m0/s1. The number of esters is 2. The Labute approximate surface area is 160 Å². The zero-order valence-electron chi connectivity index (χ0n) is 16.2. The zero-order valence-corrected chi connectivity index (χ0v) is 16.2. The van der Waals surface area contributed by atoms with Crippen molar-refractivity contribution in [2.75, 3.05) is 33.8 Å². The molecule has 0 amide bonds. The molecule has 1 aliphatic heterocycles. The average molecular weight is 376 g/mol. The van der Waals surface area contributed by atoms with Crippen molar-refractivity contribution in [1.82, 2.24) is 0 Å². The molecule has 27 heavy (non-hydrogen) atoms. The van der Waals surface area contributed by atoms with Crippen molar-refractivity contribution in [2.45, 2.75) is 43.8 Å². The van der Waals surface area contributed by atoms with Gasteiger partial charge in [-0.15, -0.1) is 0 Å². The number of hydrogen-bond acceptors (Lipinski definition) is 5. The number of carbonyl (C=O) groups excluding carboxylic acids is 2. The zero-order chi connectivity index (χ0) is 19.5. The van der Waals surface area contributed by atoms with Gasteiger partial charge in [-0.1, -0.05) is 43.2 Å². The third kappa shape index (κ3) is 4.17. The lowest BCUT2D eigenvalue weighted by atomic mass is 9.80. The van der Waals surface area contributed by atoms with Crippen LogP contribution in [0.2, 0.25) is 0 Å². The van der Waals surface area contributed by atoms with E-state index >= 15 is 0 Å². The number of methoxy groups -OCH3 is 1. The van der Waals surface area contributed by atoms with E-state index in [1.165, 1.54) is 7.11 Å². The topological polar surface area (TPSA) is 72.8 Å². The van der Waals surface area contributed by atoms with Crippen LogP contribution >= 0.6 is 0 Å². The Kier molecular flexibility index (Phi) is 5.86. The molecule has 0 spiro atoms. The minimum Gasteiger partial charge on any atom is -0.465 e. The Morgan fingerprint density at radius 1 is 1.19 bits per heavy atom. The second kappa shape index (κ2) is 7.98. The second-order valence-corrected chi connectivity index (χ2v) is 8.19. The first kappa shape index (κ1) is 19.8. The van der Waals surface area contributed by atoms with Crippen molar-refractivity contribution in [3.8, 4) is 0 Å². The van der Waals surface area contributed by atoms with E-state index in [9.17, 15) is 14.7 Å². The molecule has 1 aliphatic carbocycles. The Hall–Kier alpha value is -1.92. The van der Waals surface area contributed by atoms with E-state index in [0.29, 0.717) is 23.0 Å². The summed E-state index contributed by atoms with van der Waals surface area (Å²) in [5, 5.41) is 11.5. The number of quaternary nitrogens is 1. The molecule has 1 N–H and O–H groups in total. The summed E-state index contributed by atoms with van der Waals surface area (Å²) in [5.74, 6) is -0.946. The monoisotopic (exact) mass is 376 g/mol. The lowest BCUT2D eigenvalue weighted by Gasteiger charge is -2.33. The van der Waals surface area contributed by atoms with Gasteiger partial charge in [-0.05, 0) is 18.4 Å². The van der Waals surface area contributed by atoms with E-state index in [-0.39, 0.29) is 24.5 Å². The van der Waals surface area contributed by atoms with Gasteiger partial charge in [-0.2, -0.15) is 0 Å². The Morgan fingerprint density at radius 2 is 1.85 bits per heavy atom. The molecule has 3 rings (SSSR count). The van der Waals surface area contributed by atoms with Crippen LogP contribution in [0.1, 0.15) is 37.7 Å². The van der Waals surface area contributed by atoms with Crippen LogP contribution in [0.3, 0.4) is 0 Å². The third-order valence-electron chi connectivity index (χ3n) is 6.12. The summed E-state index contributed by atoms with van der Waals surface area (Å²) in [6.45, 7) is 1.55. The maximum atomic E-state index is 13.1. The van der Waals surface area contributed by atoms with Crippen LogP contribution in [-0.4, -0.2) is 61.4 Å². The summed E-state index contributed by atoms with van der Waals surface area (Å²) >= 11 is 0. The number of benzene rings is 1. The highest BCUT2D eigenvalue weighted by molar-refractivity contribution is 5.81. The minimum atomic E-state index is -1.61. The first-order valence-electron chi connectivity index (χ1n) is 9.77. The molecule has 3 atom stereocenters. The molecule has 0 aromatic heterocycles. The molecular weight excluding hydrogens is 346 g/mol. The smallest absolute Gasteiger partial charge is 0.361 e. The molecule has 1 saturated carbocycles. The molecular formula is C21H30NO5+. The van der Waals surface area contributed by atoms with Gasteiger partial charge in [0.1, 0.15) is 6.54 Å². The molecule has 6 nitrogen and oxygen atoms in total. The lowest BCUT2D eigenvalue weighted by molar-refractivity contribution is -0.891. The van der Waals surface area contributed by atoms with Crippen molar-refractivity contribution in [1.29, 1.82) is 0 Å². The molecule has 2 fully saturated rings. The molecule has 0 radical (unpaired) electrons. The van der Waals surface area contributed by atoms with Gasteiger partial charge >= 0.3 is 11.9 Å². The van der Waals surface area contributed by atoms with E-state index < -0.39 is 11.6 Å². The van der Waals surface area contributed by atoms with E-state index in [2.05, 4.69) is 0 Å². The number of ether oxygens (including phenoxy) is 2. The first-order chi connectivity index (χ1) is 12.9. The SMILES string of the molecule is COC(=O)C[N+]1(C)CC[C@H](OC(=O)[C@](O)(c2ccccc2)C2CCCC2)C1. The number of nitrogens with zero attached hydrogens (tertiary/aromatic N) is 1. The summed E-state index contributed by atoms with van der Waals surface area (Å²) in [7, 11) is 3.34. The van der Waals surface area contributed by atoms with Crippen LogP contribution in [0.15, 0.2) is 30.3 Å². The summed E-state index contributed by atoms with van der Waals surface area (Å²) in [6.07, 6.45) is 4.05. The van der Waals surface area contributed by atoms with Crippen LogP contribution in [0.4, 0.5) is 0 Å². The fourth-order valence-electron chi connectivity index (χ4n) is 4.54. The summed E-state index contributed by atoms with van der Waals surface area (Å²) in [4.78, 5) is 24.8. The number of rotatable bonds is 6. The van der Waals surface area contributed by atoms with Crippen molar-refractivity contribution < 1.29 is 28.7 Å². The Balaban J connectivity index is 1.73. The van der Waals surface area contributed by atoms with Gasteiger partial charge in [0.25, 0.3) is 0 Å². The molecule has 148 valence electrons. The second-order valence-electron chi connectivity index (χ2n) is 8.19. The first-order valence-corrected chi connectivity index (χ1v) is 9.77. The van der Waals surface area contributed by atoms with Crippen LogP contribution in [-0.2, 0) is 24.7 Å². The van der Waals surface area contributed by atoms with Gasteiger partial charge < -0.3 is 19.1 Å². The van der Waals surface area contributed by atoms with Gasteiger partial charge in [0.05, 0.1) is 20.7 Å². The summed E-state index contributed by atoms with van der Waals surface area (Å²) < 4.78 is 11.1. The summed E-state index contributed by atoms with van der Waals surface area (Å²) in [5.41, 5.74) is -1.00. The quantitative estimate of drug-likeness (QED) is 0.607. The van der Waals surface area contributed by atoms with E-state index in [1.54, 1.807) is 12.1 Å². The van der Waals surface area contributed by atoms with Crippen molar-refractivity contribution in [3.63, 3.8) is 0 Å². The van der Waals surface area contributed by atoms with Crippen molar-refractivity contribution >= 4 is 11.9 Å². The lowest BCUT2D eigenvalue weighted by Crippen LogP contribution is -2.48. The van der Waals surface area contributed by atoms with Gasteiger partial charge in [-0.3, -0.25) is 0 Å². The number of carbonyl (C=O) groups is 2. The van der Waals surface area contributed by atoms with Crippen LogP contribution < -0.4 is 0 Å². The van der Waals surface area contributed by atoms with Gasteiger partial charge in [0, 0.05) is 12.3 Å². The Bertz CT molecular complexity index is 672. The molecule has 6 heteroatoms. The molecule has 0 bridgehead atoms. The minimum absolute atomic E-state index is 0.121. The fourth-order valence-corrected chi connectivity index (χ4v) is 4.54. The normalized spacial score (nSPS) is 27.9. The van der Waals surface area contributed by atoms with Crippen molar-refractivity contribution in [2.24, 2.45) is 5.92 Å². The van der Waals surface area contributed by atoms with Crippen LogP contribution in [0.25, 0.3) is 0 Å². The molecule has 1 aromatic carbocycles. The number of hydrogen-bond donors (Lipinski definition) is 1. The highest BCUT2D eigenvalue weighted by Crippen LogP contribution is 2.42. The van der Waals surface area contributed by atoms with Gasteiger partial charge in [-0.25, -0.2) is 9.59 Å². The fraction of sp³-hybridized carbons (Fsp3) is 0.619. The Morgan fingerprint density at radius 3 is 2.48 bits per heavy atom. The largest absolute Gasteiger partial charge is 0.465 e. The highest BCUT2D eigenvalue weighted by Gasteiger charge is 2.49. The maximum Gasteiger partial charge on any atom is 0.361 e. The average Bonchev–Trinajstić information content (AvgIpc) is 3.32. The number of likely N-dealkylation sites (tertiary alicyclic amines) is 1. The number of aliphatic hydroxyl groups is 1. The van der Waals surface area contributed by atoms with Crippen molar-refractivity contribution in [3.05, 3.63) is 35.9 Å². The molecule has 1 aromatic rings. The van der Waals surface area contributed by atoms with Crippen LogP contribution in [0.5, 0.6) is 0 Å². The van der Waals surface area contributed by atoms with Gasteiger partial charge in [0.2, 0.25) is 0 Å². The number of likely N-dealkylation sites (N-methyl/N-ethyl adjacent to an activating group) is 1. The summed E-state index contributed by atoms with van der Waals surface area (Å²) in [6, 6.07) is 9.14. The molecule has 1 heterocycles. The predicted octanol–water partition coefficient (Wildman–Crippen LogP) is 2.00. The maximum absolute atomic E-state index is 13.1. The van der Waals surface area contributed by atoms with Crippen LogP contribution in [0, 0.1) is 5.92 Å².